The van der Waals surface area contributed by atoms with Crippen molar-refractivity contribution in [2.24, 2.45) is 5.92 Å². The van der Waals surface area contributed by atoms with Crippen LogP contribution >= 0.6 is 0 Å². The van der Waals surface area contributed by atoms with Gasteiger partial charge < -0.3 is 10.1 Å². The highest BCUT2D eigenvalue weighted by Gasteiger charge is 2.36. The predicted octanol–water partition coefficient (Wildman–Crippen LogP) is 1.78. The third-order valence-electron chi connectivity index (χ3n) is 3.19. The number of nitrogens with zero attached hydrogens (tertiary/aromatic N) is 1. The van der Waals surface area contributed by atoms with Gasteiger partial charge in [0.05, 0.1) is 5.69 Å². The molecule has 1 atom stereocenters. The molecular formula is C14H16F2N2O3. The molecule has 1 N–H and O–H groups in total. The molecule has 1 aromatic rings. The average molecular weight is 298 g/mol. The second-order valence-corrected chi connectivity index (χ2v) is 5.06. The molecule has 1 aromatic carbocycles. The number of piperazine rings is 1. The Morgan fingerprint density at radius 1 is 1.29 bits per heavy atom. The molecule has 0 bridgehead atoms. The van der Waals surface area contributed by atoms with Crippen LogP contribution in [0.3, 0.4) is 0 Å². The van der Waals surface area contributed by atoms with E-state index in [1.165, 1.54) is 23.1 Å². The van der Waals surface area contributed by atoms with Gasteiger partial charge in [0.1, 0.15) is 18.3 Å². The number of para-hydroxylation sites is 2. The van der Waals surface area contributed by atoms with E-state index in [2.05, 4.69) is 10.1 Å². The summed E-state index contributed by atoms with van der Waals surface area (Å²) in [6.45, 7) is 0.383. The third kappa shape index (κ3) is 3.29. The van der Waals surface area contributed by atoms with Gasteiger partial charge in [-0.05, 0) is 18.1 Å². The minimum atomic E-state index is -3.00. The molecule has 0 spiro atoms. The van der Waals surface area contributed by atoms with Gasteiger partial charge in [0, 0.05) is 0 Å². The monoisotopic (exact) mass is 298 g/mol. The Bertz CT molecular complexity index is 549. The van der Waals surface area contributed by atoms with Gasteiger partial charge in [-0.3, -0.25) is 14.5 Å². The number of hydrogen-bond acceptors (Lipinski definition) is 3. The molecule has 7 heteroatoms. The predicted molar refractivity (Wildman–Crippen MR) is 72.2 cm³/mol. The van der Waals surface area contributed by atoms with Crippen LogP contribution in [0.1, 0.15) is 13.8 Å². The lowest BCUT2D eigenvalue weighted by Crippen LogP contribution is -2.60. The molecule has 21 heavy (non-hydrogen) atoms. The van der Waals surface area contributed by atoms with Crippen LogP contribution in [0.2, 0.25) is 0 Å². The van der Waals surface area contributed by atoms with Gasteiger partial charge >= 0.3 is 6.61 Å². The van der Waals surface area contributed by atoms with Crippen LogP contribution in [0.4, 0.5) is 14.5 Å². The van der Waals surface area contributed by atoms with E-state index in [1.807, 2.05) is 0 Å². The first kappa shape index (κ1) is 15.2. The van der Waals surface area contributed by atoms with Crippen LogP contribution in [0, 0.1) is 5.92 Å². The Labute approximate surface area is 120 Å². The fourth-order valence-electron chi connectivity index (χ4n) is 2.20. The van der Waals surface area contributed by atoms with Crippen LogP contribution in [-0.4, -0.2) is 31.0 Å². The second kappa shape index (κ2) is 6.07. The normalized spacial score (nSPS) is 19.1. The maximum absolute atomic E-state index is 12.4. The summed E-state index contributed by atoms with van der Waals surface area (Å²) in [5.74, 6) is -0.902. The lowest BCUT2D eigenvalue weighted by Gasteiger charge is -2.34. The molecule has 1 heterocycles. The van der Waals surface area contributed by atoms with Gasteiger partial charge in [-0.1, -0.05) is 26.0 Å². The van der Waals surface area contributed by atoms with Crippen LogP contribution in [-0.2, 0) is 9.59 Å². The number of carbonyl (C=O) groups is 2. The minimum Gasteiger partial charge on any atom is -0.433 e. The summed E-state index contributed by atoms with van der Waals surface area (Å²) in [7, 11) is 0. The molecule has 1 unspecified atom stereocenters. The number of carbonyl (C=O) groups excluding carboxylic acids is 2. The van der Waals surface area contributed by atoms with Gasteiger partial charge in [-0.2, -0.15) is 8.78 Å². The number of ether oxygens (including phenoxy) is 1. The van der Waals surface area contributed by atoms with Crippen molar-refractivity contribution in [1.82, 2.24) is 5.32 Å². The van der Waals surface area contributed by atoms with Crippen molar-refractivity contribution in [3.8, 4) is 5.75 Å². The summed E-state index contributed by atoms with van der Waals surface area (Å²) in [6.07, 6.45) is 0. The fourth-order valence-corrected chi connectivity index (χ4v) is 2.20. The SMILES string of the molecule is CC(C)C1NC(=O)CN(c2ccccc2OC(F)F)C1=O. The summed E-state index contributed by atoms with van der Waals surface area (Å²) >= 11 is 0. The number of alkyl halides is 2. The Kier molecular flexibility index (Phi) is 4.40. The molecule has 1 aliphatic heterocycles. The van der Waals surface area contributed by atoms with Gasteiger partial charge in [-0.25, -0.2) is 0 Å². The summed E-state index contributed by atoms with van der Waals surface area (Å²) in [5, 5.41) is 2.61. The van der Waals surface area contributed by atoms with E-state index in [9.17, 15) is 18.4 Å². The van der Waals surface area contributed by atoms with Crippen molar-refractivity contribution < 1.29 is 23.1 Å². The fraction of sp³-hybridized carbons (Fsp3) is 0.429. The Balaban J connectivity index is 2.36. The Morgan fingerprint density at radius 2 is 1.95 bits per heavy atom. The summed E-state index contributed by atoms with van der Waals surface area (Å²) < 4.78 is 29.3. The van der Waals surface area contributed by atoms with Crippen molar-refractivity contribution in [1.29, 1.82) is 0 Å². The molecule has 1 saturated heterocycles. The number of rotatable bonds is 4. The number of hydrogen-bond donors (Lipinski definition) is 1. The lowest BCUT2D eigenvalue weighted by atomic mass is 10.00. The van der Waals surface area contributed by atoms with E-state index < -0.39 is 12.7 Å². The summed E-state index contributed by atoms with van der Waals surface area (Å²) in [5.41, 5.74) is 0.170. The van der Waals surface area contributed by atoms with Crippen LogP contribution in [0.25, 0.3) is 0 Å². The quantitative estimate of drug-likeness (QED) is 0.921. The van der Waals surface area contributed by atoms with E-state index in [1.54, 1.807) is 19.9 Å². The van der Waals surface area contributed by atoms with E-state index in [0.717, 1.165) is 0 Å². The van der Waals surface area contributed by atoms with Gasteiger partial charge in [0.15, 0.2) is 0 Å². The van der Waals surface area contributed by atoms with E-state index in [0.29, 0.717) is 0 Å². The molecule has 1 aliphatic rings. The highest BCUT2D eigenvalue weighted by atomic mass is 19.3. The molecule has 1 fully saturated rings. The van der Waals surface area contributed by atoms with Crippen molar-refractivity contribution in [2.75, 3.05) is 11.4 Å². The molecule has 0 aliphatic carbocycles. The Hall–Kier alpha value is -2.18. The largest absolute Gasteiger partial charge is 0.433 e. The van der Waals surface area contributed by atoms with E-state index in [4.69, 9.17) is 0 Å². The minimum absolute atomic E-state index is 0.104. The van der Waals surface area contributed by atoms with E-state index >= 15 is 0 Å². The first-order valence-electron chi connectivity index (χ1n) is 6.54. The van der Waals surface area contributed by atoms with Gasteiger partial charge in [0.2, 0.25) is 11.8 Å². The molecule has 2 rings (SSSR count). The first-order valence-corrected chi connectivity index (χ1v) is 6.54. The van der Waals surface area contributed by atoms with Crippen molar-refractivity contribution in [3.63, 3.8) is 0 Å². The standard InChI is InChI=1S/C14H16F2N2O3/c1-8(2)12-13(20)18(7-11(19)17-12)9-5-3-4-6-10(9)21-14(15)16/h3-6,8,12,14H,7H2,1-2H3,(H,17,19). The van der Waals surface area contributed by atoms with Crippen molar-refractivity contribution in [2.45, 2.75) is 26.5 Å². The molecule has 0 radical (unpaired) electrons. The molecule has 5 nitrogen and oxygen atoms in total. The maximum Gasteiger partial charge on any atom is 0.387 e. The summed E-state index contributed by atoms with van der Waals surface area (Å²) in [4.78, 5) is 25.3. The zero-order valence-corrected chi connectivity index (χ0v) is 11.7. The molecule has 0 saturated carbocycles. The molecule has 2 amide bonds. The van der Waals surface area contributed by atoms with E-state index in [-0.39, 0.29) is 35.7 Å². The van der Waals surface area contributed by atoms with Gasteiger partial charge in [0.25, 0.3) is 0 Å². The van der Waals surface area contributed by atoms with Crippen LogP contribution < -0.4 is 15.0 Å². The number of benzene rings is 1. The Morgan fingerprint density at radius 3 is 2.57 bits per heavy atom. The average Bonchev–Trinajstić information content (AvgIpc) is 2.41. The topological polar surface area (TPSA) is 58.6 Å². The number of anilines is 1. The van der Waals surface area contributed by atoms with Crippen LogP contribution in [0.15, 0.2) is 24.3 Å². The molecule has 114 valence electrons. The molecule has 0 aromatic heterocycles. The van der Waals surface area contributed by atoms with Gasteiger partial charge in [-0.15, -0.1) is 0 Å². The number of halogens is 2. The highest BCUT2D eigenvalue weighted by Crippen LogP contribution is 2.31. The number of nitrogens with one attached hydrogen (secondary N) is 1. The highest BCUT2D eigenvalue weighted by molar-refractivity contribution is 6.07. The summed E-state index contributed by atoms with van der Waals surface area (Å²) in [6, 6.07) is 5.26. The number of amides is 2. The van der Waals surface area contributed by atoms with Crippen molar-refractivity contribution >= 4 is 17.5 Å². The zero-order valence-electron chi connectivity index (χ0n) is 11.7. The second-order valence-electron chi connectivity index (χ2n) is 5.06. The smallest absolute Gasteiger partial charge is 0.387 e. The third-order valence-corrected chi connectivity index (χ3v) is 3.19. The van der Waals surface area contributed by atoms with Crippen LogP contribution in [0.5, 0.6) is 5.75 Å². The maximum atomic E-state index is 12.4. The van der Waals surface area contributed by atoms with Crippen molar-refractivity contribution in [3.05, 3.63) is 24.3 Å². The lowest BCUT2D eigenvalue weighted by molar-refractivity contribution is -0.132. The first-order chi connectivity index (χ1) is 9.90. The molecular weight excluding hydrogens is 282 g/mol. The zero-order chi connectivity index (χ0) is 15.6.